The third kappa shape index (κ3) is 261. The van der Waals surface area contributed by atoms with Gasteiger partial charge in [0.2, 0.25) is 0 Å². The molecule has 0 amide bonds. The average molecular weight is 128 g/mol. The summed E-state index contributed by atoms with van der Waals surface area (Å²) in [4.78, 5) is 20.7. The van der Waals surface area contributed by atoms with Crippen LogP contribution < -0.4 is 18.9 Å². The molecule has 0 fully saturated rings. The van der Waals surface area contributed by atoms with Crippen molar-refractivity contribution in [3.8, 4) is 0 Å². The van der Waals surface area contributed by atoms with Gasteiger partial charge >= 0.3 is 49.8 Å². The maximum absolute atomic E-state index is 10.5. The van der Waals surface area contributed by atoms with E-state index in [0.29, 0.717) is 0 Å². The van der Waals surface area contributed by atoms with Crippen LogP contribution in [0, 0.1) is 0 Å². The van der Waals surface area contributed by atoms with Gasteiger partial charge in [0, 0.05) is 0 Å². The van der Waals surface area contributed by atoms with Crippen LogP contribution in [0.3, 0.4) is 0 Å². The van der Waals surface area contributed by atoms with Crippen LogP contribution in [0.25, 0.3) is 0 Å². The van der Waals surface area contributed by atoms with Crippen molar-refractivity contribution in [3.63, 3.8) is 0 Å². The molecule has 0 heterocycles. The third-order valence-electron chi connectivity index (χ3n) is 0. The van der Waals surface area contributed by atoms with Gasteiger partial charge in [-0.2, -0.15) is 0 Å². The molecule has 42 valence electrons. The summed E-state index contributed by atoms with van der Waals surface area (Å²) in [5.74, 6) is 0. The van der Waals surface area contributed by atoms with E-state index in [1.807, 2.05) is 0 Å². The Morgan fingerprint density at radius 1 is 1.14 bits per heavy atom. The minimum atomic E-state index is -7.05. The van der Waals surface area contributed by atoms with Gasteiger partial charge in [0.15, 0.2) is 0 Å². The first kappa shape index (κ1) is 10.7. The van der Waals surface area contributed by atoms with Crippen LogP contribution in [0.1, 0.15) is 1.43 Å². The Morgan fingerprint density at radius 3 is 1.14 bits per heavy atom. The quantitative estimate of drug-likeness (QED) is 0.243. The molecule has 3 N–H and O–H groups in total. The molecule has 0 aromatic carbocycles. The van der Waals surface area contributed by atoms with E-state index in [2.05, 4.69) is 0 Å². The predicted octanol–water partition coefficient (Wildman–Crippen LogP) is -2.85. The number of hydrogen-bond acceptors (Lipinski definition) is 3. The molecule has 0 rings (SSSR count). The summed E-state index contributed by atoms with van der Waals surface area (Å²) >= 11 is 0. The van der Waals surface area contributed by atoms with E-state index in [1.54, 1.807) is 0 Å². The zero-order chi connectivity index (χ0) is 5.45. The van der Waals surface area contributed by atoms with Crippen LogP contribution in [0.15, 0.2) is 0 Å². The van der Waals surface area contributed by atoms with Crippen molar-refractivity contribution in [2.24, 2.45) is 0 Å². The first-order valence-corrected chi connectivity index (χ1v) is 2.81. The van der Waals surface area contributed by atoms with Crippen molar-refractivity contribution in [2.75, 3.05) is 0 Å². The molecule has 0 saturated carbocycles. The summed E-state index contributed by atoms with van der Waals surface area (Å²) in [5.41, 5.74) is 0. The Labute approximate surface area is 52.0 Å². The van der Waals surface area contributed by atoms with Crippen molar-refractivity contribution in [1.82, 2.24) is 0 Å². The summed E-state index contributed by atoms with van der Waals surface area (Å²) in [5, 5.41) is 0. The molecular formula is H4F2LiO3P. The first-order chi connectivity index (χ1) is 2.24. The second-order valence-corrected chi connectivity index (χ2v) is 2.36. The van der Waals surface area contributed by atoms with Gasteiger partial charge in [0.1, 0.15) is 0 Å². The molecule has 0 aliphatic rings. The molecule has 0 aliphatic carbocycles. The summed E-state index contributed by atoms with van der Waals surface area (Å²) in [6.07, 6.45) is 0. The molecule has 0 radical (unpaired) electrons. The Hall–Kier alpha value is 0.767. The Kier molecular flexibility index (Phi) is 2.97. The van der Waals surface area contributed by atoms with Crippen LogP contribution in [0.2, 0.25) is 0 Å². The average Bonchev–Trinajstić information content (AvgIpc) is 0.650. The molecule has 0 saturated heterocycles. The first-order valence-electron chi connectivity index (χ1n) is 0.938. The topological polar surface area (TPSA) is 60.7 Å². The van der Waals surface area contributed by atoms with Crippen LogP contribution in [0.5, 0.6) is 0 Å². The van der Waals surface area contributed by atoms with Crippen LogP contribution >= 0.6 is 7.91 Å². The maximum atomic E-state index is 10.5. The fraction of sp³-hybridized carbons (Fsp3) is 0. The van der Waals surface area contributed by atoms with E-state index < -0.39 is 7.91 Å². The fourth-order valence-electron chi connectivity index (χ4n) is 0. The minimum Gasteiger partial charge on any atom is -1.00 e. The van der Waals surface area contributed by atoms with Crippen LogP contribution in [-0.2, 0) is 0 Å². The van der Waals surface area contributed by atoms with Crippen molar-refractivity contribution in [2.45, 2.75) is 0 Å². The largest absolute Gasteiger partial charge is 1.00 e. The van der Waals surface area contributed by atoms with E-state index >= 15 is 0 Å². The van der Waals surface area contributed by atoms with Gasteiger partial charge in [-0.25, -0.2) is 0 Å². The van der Waals surface area contributed by atoms with Gasteiger partial charge in [-0.1, -0.05) is 0 Å². The van der Waals surface area contributed by atoms with E-state index in [9.17, 15) is 8.39 Å². The van der Waals surface area contributed by atoms with Crippen molar-refractivity contribution >= 4 is 7.91 Å². The second-order valence-electron chi connectivity index (χ2n) is 0.786. The maximum Gasteiger partial charge on any atom is 1.00 e. The van der Waals surface area contributed by atoms with E-state index in [-0.39, 0.29) is 20.3 Å². The normalized spacial score (nSPS) is 16.4. The predicted molar refractivity (Wildman–Crippen MR) is 16.9 cm³/mol. The molecule has 0 aliphatic heterocycles. The summed E-state index contributed by atoms with van der Waals surface area (Å²) in [7, 11) is -7.05. The smallest absolute Gasteiger partial charge is 1.00 e. The summed E-state index contributed by atoms with van der Waals surface area (Å²) in [6.45, 7) is 0. The van der Waals surface area contributed by atoms with E-state index in [1.165, 1.54) is 0 Å². The molecule has 0 unspecified atom stereocenters. The standard InChI is InChI=1S/F2H3O3P.Li.H/c1-6(2,3,4)5;;/h3-5H;;/q;+1;-1. The molecule has 7 heavy (non-hydrogen) atoms. The SMILES string of the molecule is OP(O)(O)(F)F.[H-].[Li+]. The number of halogens is 2. The van der Waals surface area contributed by atoms with Gasteiger partial charge in [-0.05, 0) is 0 Å². The summed E-state index contributed by atoms with van der Waals surface area (Å²) in [6, 6.07) is 0. The monoisotopic (exact) mass is 128 g/mol. The molecule has 0 spiro atoms. The molecule has 0 bridgehead atoms. The molecule has 0 aromatic rings. The van der Waals surface area contributed by atoms with Crippen LogP contribution in [-0.4, -0.2) is 14.7 Å². The van der Waals surface area contributed by atoms with E-state index in [4.69, 9.17) is 14.7 Å². The van der Waals surface area contributed by atoms with Crippen LogP contribution in [0.4, 0.5) is 8.39 Å². The van der Waals surface area contributed by atoms with Crippen molar-refractivity contribution in [1.29, 1.82) is 0 Å². The molecule has 0 aromatic heterocycles. The third-order valence-corrected chi connectivity index (χ3v) is 0. The zero-order valence-electron chi connectivity index (χ0n) is 4.54. The fourth-order valence-corrected chi connectivity index (χ4v) is 0. The molecule has 0 atom stereocenters. The van der Waals surface area contributed by atoms with Gasteiger partial charge in [-0.15, -0.1) is 0 Å². The Bertz CT molecular complexity index is 50.5. The zero-order valence-corrected chi connectivity index (χ0v) is 4.44. The van der Waals surface area contributed by atoms with Gasteiger partial charge in [-0.3, -0.25) is 0 Å². The molecular weight excluding hydrogens is 124 g/mol. The van der Waals surface area contributed by atoms with Crippen molar-refractivity contribution < 1.29 is 43.4 Å². The van der Waals surface area contributed by atoms with Crippen molar-refractivity contribution in [3.05, 3.63) is 0 Å². The minimum absolute atomic E-state index is 0. The number of hydrogen-bond donors (Lipinski definition) is 3. The van der Waals surface area contributed by atoms with Gasteiger partial charge in [0.25, 0.3) is 0 Å². The van der Waals surface area contributed by atoms with E-state index in [0.717, 1.165) is 0 Å². The summed E-state index contributed by atoms with van der Waals surface area (Å²) < 4.78 is 21.0. The number of rotatable bonds is 0. The molecule has 3 nitrogen and oxygen atoms in total. The Balaban J connectivity index is -0.000000125. The van der Waals surface area contributed by atoms with Gasteiger partial charge < -0.3 is 1.43 Å². The Morgan fingerprint density at radius 2 is 1.14 bits per heavy atom. The second kappa shape index (κ2) is 1.94. The van der Waals surface area contributed by atoms with Gasteiger partial charge in [0.05, 0.1) is 0 Å². The molecule has 7 heteroatoms.